The first kappa shape index (κ1) is 20.6. The maximum Gasteiger partial charge on any atom is 0.265 e. The fraction of sp³-hybridized carbons (Fsp3) is 0.263. The van der Waals surface area contributed by atoms with Gasteiger partial charge < -0.3 is 20.1 Å². The molecule has 3 N–H and O–H groups in total. The largest absolute Gasteiger partial charge is 0.494 e. The van der Waals surface area contributed by atoms with Crippen LogP contribution in [0.25, 0.3) is 0 Å². The van der Waals surface area contributed by atoms with Crippen LogP contribution in [0, 0.1) is 0 Å². The number of anilines is 2. The molecule has 0 unspecified atom stereocenters. The van der Waals surface area contributed by atoms with Crippen LogP contribution in [-0.2, 0) is 19.6 Å². The van der Waals surface area contributed by atoms with Crippen LogP contribution in [0.4, 0.5) is 11.4 Å². The predicted molar refractivity (Wildman–Crippen MR) is 107 cm³/mol. The molecule has 2 aromatic rings. The molecule has 1 aliphatic rings. The molecule has 29 heavy (non-hydrogen) atoms. The molecule has 2 aromatic carbocycles. The Morgan fingerprint density at radius 3 is 2.62 bits per heavy atom. The lowest BCUT2D eigenvalue weighted by atomic mass is 10.2. The molecule has 0 aromatic heterocycles. The summed E-state index contributed by atoms with van der Waals surface area (Å²) in [7, 11) is -3.85. The highest BCUT2D eigenvalue weighted by Crippen LogP contribution is 2.32. The fourth-order valence-electron chi connectivity index (χ4n) is 2.62. The number of nitrogens with one attached hydrogen (secondary N) is 3. The van der Waals surface area contributed by atoms with Crippen molar-refractivity contribution in [2.75, 3.05) is 23.8 Å². The molecule has 1 atom stereocenters. The van der Waals surface area contributed by atoms with Crippen LogP contribution in [0.1, 0.15) is 13.8 Å². The van der Waals surface area contributed by atoms with Crippen molar-refractivity contribution in [3.8, 4) is 11.5 Å². The van der Waals surface area contributed by atoms with Crippen molar-refractivity contribution in [3.63, 3.8) is 0 Å². The highest BCUT2D eigenvalue weighted by atomic mass is 32.2. The number of benzene rings is 2. The van der Waals surface area contributed by atoms with Gasteiger partial charge >= 0.3 is 0 Å². The number of fused-ring (bicyclic) bond motifs is 1. The average Bonchev–Trinajstić information content (AvgIpc) is 2.68. The van der Waals surface area contributed by atoms with Gasteiger partial charge in [-0.05, 0) is 56.3 Å². The molecule has 0 spiro atoms. The van der Waals surface area contributed by atoms with Crippen LogP contribution in [0.5, 0.6) is 11.5 Å². The quantitative estimate of drug-likeness (QED) is 0.628. The normalized spacial score (nSPS) is 15.7. The van der Waals surface area contributed by atoms with E-state index in [-0.39, 0.29) is 10.8 Å². The number of amides is 2. The Bertz CT molecular complexity index is 1020. The lowest BCUT2D eigenvalue weighted by Crippen LogP contribution is -2.34. The van der Waals surface area contributed by atoms with Gasteiger partial charge in [0, 0.05) is 5.69 Å². The van der Waals surface area contributed by atoms with E-state index in [4.69, 9.17) is 9.47 Å². The molecule has 0 radical (unpaired) electrons. The summed E-state index contributed by atoms with van der Waals surface area (Å²) in [4.78, 5) is 23.8. The summed E-state index contributed by atoms with van der Waals surface area (Å²) in [5, 5.41) is 5.25. The van der Waals surface area contributed by atoms with Crippen molar-refractivity contribution in [1.82, 2.24) is 4.72 Å². The van der Waals surface area contributed by atoms with Gasteiger partial charge in [-0.1, -0.05) is 0 Å². The molecule has 9 nitrogen and oxygen atoms in total. The van der Waals surface area contributed by atoms with E-state index in [0.29, 0.717) is 29.5 Å². The number of sulfonamides is 1. The summed E-state index contributed by atoms with van der Waals surface area (Å²) in [6.45, 7) is 3.48. The number of rotatable bonds is 7. The third-order valence-electron chi connectivity index (χ3n) is 4.06. The van der Waals surface area contributed by atoms with Gasteiger partial charge in [-0.2, -0.15) is 0 Å². The number of carbonyl (C=O) groups excluding carboxylic acids is 2. The first-order chi connectivity index (χ1) is 13.8. The molecule has 0 bridgehead atoms. The average molecular weight is 419 g/mol. The summed E-state index contributed by atoms with van der Waals surface area (Å²) in [5.41, 5.74) is 0.827. The third-order valence-corrected chi connectivity index (χ3v) is 5.48. The third kappa shape index (κ3) is 5.04. The lowest BCUT2D eigenvalue weighted by Gasteiger charge is -2.23. The van der Waals surface area contributed by atoms with Crippen molar-refractivity contribution in [1.29, 1.82) is 0 Å². The minimum atomic E-state index is -3.85. The summed E-state index contributed by atoms with van der Waals surface area (Å²) in [6.07, 6.45) is -0.597. The van der Waals surface area contributed by atoms with Crippen LogP contribution < -0.4 is 24.8 Å². The topological polar surface area (TPSA) is 123 Å². The number of hydrogen-bond donors (Lipinski definition) is 3. The Kier molecular flexibility index (Phi) is 6.04. The molecule has 0 aliphatic carbocycles. The van der Waals surface area contributed by atoms with Crippen LogP contribution in [0.2, 0.25) is 0 Å². The van der Waals surface area contributed by atoms with Crippen molar-refractivity contribution >= 4 is 33.2 Å². The molecule has 0 saturated carbocycles. The Morgan fingerprint density at radius 1 is 1.21 bits per heavy atom. The van der Waals surface area contributed by atoms with E-state index >= 15 is 0 Å². The lowest BCUT2D eigenvalue weighted by molar-refractivity contribution is -0.122. The Balaban J connectivity index is 1.59. The summed E-state index contributed by atoms with van der Waals surface area (Å²) >= 11 is 0. The number of carbonyl (C=O) groups is 2. The zero-order valence-corrected chi connectivity index (χ0v) is 16.7. The Morgan fingerprint density at radius 2 is 1.93 bits per heavy atom. The van der Waals surface area contributed by atoms with E-state index in [2.05, 4.69) is 15.4 Å². The first-order valence-corrected chi connectivity index (χ1v) is 10.4. The molecular weight excluding hydrogens is 398 g/mol. The van der Waals surface area contributed by atoms with Crippen molar-refractivity contribution < 1.29 is 27.5 Å². The molecule has 1 aliphatic heterocycles. The van der Waals surface area contributed by atoms with E-state index < -0.39 is 28.6 Å². The van der Waals surface area contributed by atoms with E-state index in [1.165, 1.54) is 18.2 Å². The van der Waals surface area contributed by atoms with Gasteiger partial charge in [0.2, 0.25) is 15.9 Å². The number of ether oxygens (including phenoxy) is 2. The van der Waals surface area contributed by atoms with E-state index in [1.54, 1.807) is 31.2 Å². The van der Waals surface area contributed by atoms with Crippen LogP contribution in [0.15, 0.2) is 47.4 Å². The van der Waals surface area contributed by atoms with Crippen LogP contribution >= 0.6 is 0 Å². The van der Waals surface area contributed by atoms with E-state index in [9.17, 15) is 18.0 Å². The summed E-state index contributed by atoms with van der Waals surface area (Å²) in [6, 6.07) is 10.6. The van der Waals surface area contributed by atoms with Gasteiger partial charge in [0.05, 0.1) is 23.7 Å². The van der Waals surface area contributed by atoms with Crippen LogP contribution in [0.3, 0.4) is 0 Å². The molecule has 10 heteroatoms. The second-order valence-corrected chi connectivity index (χ2v) is 8.00. The fourth-order valence-corrected chi connectivity index (χ4v) is 3.60. The molecule has 1 heterocycles. The zero-order valence-electron chi connectivity index (χ0n) is 15.9. The predicted octanol–water partition coefficient (Wildman–Crippen LogP) is 1.72. The molecular formula is C19H21N3O6S. The minimum absolute atomic E-state index is 0.0246. The van der Waals surface area contributed by atoms with Gasteiger partial charge in [-0.25, -0.2) is 13.1 Å². The molecule has 3 rings (SSSR count). The van der Waals surface area contributed by atoms with Crippen molar-refractivity contribution in [3.05, 3.63) is 42.5 Å². The molecule has 0 saturated heterocycles. The first-order valence-electron chi connectivity index (χ1n) is 8.92. The second kappa shape index (κ2) is 8.50. The Labute approximate surface area is 168 Å². The SMILES string of the molecule is CCOc1ccc(S(=O)(=O)NCC(=O)Nc2ccc3c(c2)NC(=O)[C@@H](C)O3)cc1. The molecule has 2 amide bonds. The van der Waals surface area contributed by atoms with E-state index in [1.807, 2.05) is 6.92 Å². The van der Waals surface area contributed by atoms with Crippen LogP contribution in [-0.4, -0.2) is 39.5 Å². The number of hydrogen-bond acceptors (Lipinski definition) is 6. The summed E-state index contributed by atoms with van der Waals surface area (Å²) in [5.74, 6) is 0.202. The van der Waals surface area contributed by atoms with Gasteiger partial charge in [0.25, 0.3) is 5.91 Å². The highest BCUT2D eigenvalue weighted by molar-refractivity contribution is 7.89. The minimum Gasteiger partial charge on any atom is -0.494 e. The van der Waals surface area contributed by atoms with Gasteiger partial charge in [-0.15, -0.1) is 0 Å². The van der Waals surface area contributed by atoms with Gasteiger partial charge in [0.15, 0.2) is 6.10 Å². The van der Waals surface area contributed by atoms with Crippen molar-refractivity contribution in [2.45, 2.75) is 24.8 Å². The second-order valence-electron chi connectivity index (χ2n) is 6.24. The van der Waals surface area contributed by atoms with Gasteiger partial charge in [-0.3, -0.25) is 9.59 Å². The standard InChI is InChI=1S/C19H21N3O6S/c1-3-27-14-5-7-15(8-6-14)29(25,26)20-11-18(23)21-13-4-9-17-16(10-13)22-19(24)12(2)28-17/h4-10,12,20H,3,11H2,1-2H3,(H,21,23)(H,22,24)/t12-/m1/s1. The maximum absolute atomic E-state index is 12.3. The molecule has 0 fully saturated rings. The highest BCUT2D eigenvalue weighted by Gasteiger charge is 2.23. The monoisotopic (exact) mass is 419 g/mol. The van der Waals surface area contributed by atoms with Gasteiger partial charge in [0.1, 0.15) is 11.5 Å². The zero-order chi connectivity index (χ0) is 21.0. The Hall–Kier alpha value is -3.11. The van der Waals surface area contributed by atoms with Crippen molar-refractivity contribution in [2.24, 2.45) is 0 Å². The van der Waals surface area contributed by atoms with E-state index in [0.717, 1.165) is 0 Å². The maximum atomic E-state index is 12.3. The smallest absolute Gasteiger partial charge is 0.265 e. The summed E-state index contributed by atoms with van der Waals surface area (Å²) < 4.78 is 37.6. The molecule has 154 valence electrons.